The van der Waals surface area contributed by atoms with E-state index in [1.54, 1.807) is 0 Å². The van der Waals surface area contributed by atoms with Crippen LogP contribution in [0.3, 0.4) is 0 Å². The second-order valence-corrected chi connectivity index (χ2v) is 19.2. The number of hydrogen-bond donors (Lipinski definition) is 0. The molecule has 0 saturated heterocycles. The molecule has 6 aliphatic rings. The van der Waals surface area contributed by atoms with Crippen LogP contribution in [0.4, 0.5) is 34.1 Å². The lowest BCUT2D eigenvalue weighted by atomic mass is 9.29. The Morgan fingerprint density at radius 2 is 0.730 bits per heavy atom. The highest BCUT2D eigenvalue weighted by Gasteiger charge is 2.52. The standard InChI is InChI=1S/C54H31B3N2O2S2/c1-3-16-32(17-4-1)58-38-24-15-25-39-48(38)57(49-40(58)30-46-51-53(49)60-42-26-11-7-20-34(42)55(51)36-22-9-13-28-44(36)62-46)50-41(59(39)33-18-5-2-6-19-33)31-47-52-54(50)61-43-27-12-8-21-35(43)56(52)37-23-10-14-29-45(37)63-47/h1-31H. The maximum Gasteiger partial charge on any atom is 0.261 e. The summed E-state index contributed by atoms with van der Waals surface area (Å²) < 4.78 is 15.0. The van der Waals surface area contributed by atoms with E-state index in [0.717, 1.165) is 57.1 Å². The molecule has 0 bridgehead atoms. The monoisotopic (exact) mass is 836 g/mol. The van der Waals surface area contributed by atoms with Crippen molar-refractivity contribution in [2.24, 2.45) is 0 Å². The zero-order valence-electron chi connectivity index (χ0n) is 33.7. The molecule has 290 valence electrons. The number of fused-ring (bicyclic) bond motifs is 14. The number of anilines is 6. The summed E-state index contributed by atoms with van der Waals surface area (Å²) in [5, 5.41) is 0. The minimum Gasteiger partial charge on any atom is -0.459 e. The van der Waals surface area contributed by atoms with Gasteiger partial charge in [0.05, 0.1) is 0 Å². The molecule has 0 spiro atoms. The molecule has 0 atom stereocenters. The maximum atomic E-state index is 7.48. The van der Waals surface area contributed by atoms with Gasteiger partial charge in [0.1, 0.15) is 23.0 Å². The third-order valence-corrected chi connectivity index (χ3v) is 16.2. The van der Waals surface area contributed by atoms with Crippen LogP contribution >= 0.6 is 23.5 Å². The van der Waals surface area contributed by atoms with E-state index in [1.807, 2.05) is 23.5 Å². The number of benzene rings is 9. The van der Waals surface area contributed by atoms with Gasteiger partial charge in [0.2, 0.25) is 0 Å². The highest BCUT2D eigenvalue weighted by atomic mass is 32.2. The Labute approximate surface area is 374 Å². The van der Waals surface area contributed by atoms with Crippen LogP contribution in [0.15, 0.2) is 208 Å². The summed E-state index contributed by atoms with van der Waals surface area (Å²) in [6.07, 6.45) is 0. The average molecular weight is 836 g/mol. The van der Waals surface area contributed by atoms with Crippen molar-refractivity contribution in [2.45, 2.75) is 19.6 Å². The summed E-state index contributed by atoms with van der Waals surface area (Å²) in [6, 6.07) is 68.8. The van der Waals surface area contributed by atoms with Crippen LogP contribution in [0.1, 0.15) is 0 Å². The van der Waals surface area contributed by atoms with Gasteiger partial charge in [-0.1, -0.05) is 150 Å². The number of para-hydroxylation sites is 4. The van der Waals surface area contributed by atoms with E-state index in [9.17, 15) is 0 Å². The number of hydrogen-bond acceptors (Lipinski definition) is 6. The Morgan fingerprint density at radius 1 is 0.317 bits per heavy atom. The first kappa shape index (κ1) is 34.6. The molecule has 0 aliphatic carbocycles. The largest absolute Gasteiger partial charge is 0.459 e. The summed E-state index contributed by atoms with van der Waals surface area (Å²) in [5.74, 6) is 3.73. The van der Waals surface area contributed by atoms with Crippen molar-refractivity contribution in [1.82, 2.24) is 0 Å². The van der Waals surface area contributed by atoms with Crippen LogP contribution < -0.4 is 68.4 Å². The fourth-order valence-electron chi connectivity index (χ4n) is 11.5. The lowest BCUT2D eigenvalue weighted by molar-refractivity contribution is 0.489. The van der Waals surface area contributed by atoms with Crippen molar-refractivity contribution in [1.29, 1.82) is 0 Å². The van der Waals surface area contributed by atoms with Crippen molar-refractivity contribution in [3.63, 3.8) is 0 Å². The van der Waals surface area contributed by atoms with Gasteiger partial charge in [-0.3, -0.25) is 0 Å². The van der Waals surface area contributed by atoms with E-state index in [2.05, 4.69) is 198 Å². The van der Waals surface area contributed by atoms with Crippen LogP contribution in [-0.4, -0.2) is 20.1 Å². The van der Waals surface area contributed by atoms with Gasteiger partial charge in [-0.05, 0) is 111 Å². The molecule has 9 aromatic carbocycles. The zero-order chi connectivity index (χ0) is 40.9. The topological polar surface area (TPSA) is 24.9 Å². The Morgan fingerprint density at radius 3 is 1.21 bits per heavy atom. The average Bonchev–Trinajstić information content (AvgIpc) is 3.34. The zero-order valence-corrected chi connectivity index (χ0v) is 35.3. The van der Waals surface area contributed by atoms with E-state index in [0.29, 0.717) is 0 Å². The quantitative estimate of drug-likeness (QED) is 0.164. The summed E-state index contributed by atoms with van der Waals surface area (Å²) >= 11 is 3.73. The van der Waals surface area contributed by atoms with E-state index < -0.39 is 0 Å². The molecule has 0 aromatic heterocycles. The normalized spacial score (nSPS) is 14.6. The van der Waals surface area contributed by atoms with Gasteiger partial charge in [-0.25, -0.2) is 0 Å². The highest BCUT2D eigenvalue weighted by Crippen LogP contribution is 2.50. The molecule has 15 rings (SSSR count). The molecule has 0 N–H and O–H groups in total. The summed E-state index contributed by atoms with van der Waals surface area (Å²) in [6.45, 7) is -0.186. The third kappa shape index (κ3) is 4.63. The van der Waals surface area contributed by atoms with Crippen molar-refractivity contribution in [3.05, 3.63) is 188 Å². The van der Waals surface area contributed by atoms with Gasteiger partial charge in [-0.2, -0.15) is 0 Å². The highest BCUT2D eigenvalue weighted by molar-refractivity contribution is 8.00. The molecule has 63 heavy (non-hydrogen) atoms. The first-order chi connectivity index (χ1) is 31.3. The Balaban J connectivity index is 1.11. The molecule has 6 heterocycles. The summed E-state index contributed by atoms with van der Waals surface area (Å²) in [5.41, 5.74) is 17.9. The molecule has 0 unspecified atom stereocenters. The summed E-state index contributed by atoms with van der Waals surface area (Å²) in [7, 11) is 0. The Kier molecular flexibility index (Phi) is 7.05. The van der Waals surface area contributed by atoms with Crippen LogP contribution in [0.25, 0.3) is 0 Å². The number of ether oxygens (including phenoxy) is 2. The smallest absolute Gasteiger partial charge is 0.261 e. The van der Waals surface area contributed by atoms with Crippen molar-refractivity contribution < 1.29 is 9.47 Å². The van der Waals surface area contributed by atoms with E-state index in [4.69, 9.17) is 9.47 Å². The molecule has 4 nitrogen and oxygen atoms in total. The number of nitrogens with zero attached hydrogens (tertiary/aromatic N) is 2. The molecule has 0 amide bonds. The van der Waals surface area contributed by atoms with Crippen LogP contribution in [-0.2, 0) is 0 Å². The lowest BCUT2D eigenvalue weighted by Gasteiger charge is -2.47. The van der Waals surface area contributed by atoms with Gasteiger partial charge in [-0.15, -0.1) is 0 Å². The van der Waals surface area contributed by atoms with Gasteiger partial charge >= 0.3 is 0 Å². The molecular formula is C54H31B3N2O2S2. The first-order valence-electron chi connectivity index (χ1n) is 21.6. The second kappa shape index (κ2) is 12.8. The van der Waals surface area contributed by atoms with Gasteiger partial charge in [0, 0.05) is 53.7 Å². The minimum atomic E-state index is -0.233. The van der Waals surface area contributed by atoms with Crippen molar-refractivity contribution in [2.75, 3.05) is 9.80 Å². The molecule has 9 aromatic rings. The first-order valence-corrected chi connectivity index (χ1v) is 23.2. The van der Waals surface area contributed by atoms with Gasteiger partial charge < -0.3 is 19.3 Å². The Bertz CT molecular complexity index is 3230. The minimum absolute atomic E-state index is 0.0238. The predicted molar refractivity (Wildman–Crippen MR) is 264 cm³/mol. The fraction of sp³-hybridized carbons (Fsp3) is 0. The van der Waals surface area contributed by atoms with E-state index in [-0.39, 0.29) is 20.1 Å². The third-order valence-electron chi connectivity index (χ3n) is 13.9. The van der Waals surface area contributed by atoms with Gasteiger partial charge in [0.15, 0.2) is 0 Å². The van der Waals surface area contributed by atoms with E-state index >= 15 is 0 Å². The maximum absolute atomic E-state index is 7.48. The van der Waals surface area contributed by atoms with E-state index in [1.165, 1.54) is 68.7 Å². The fourth-order valence-corrected chi connectivity index (χ4v) is 13.8. The van der Waals surface area contributed by atoms with Crippen molar-refractivity contribution in [3.8, 4) is 23.0 Å². The molecule has 0 saturated carbocycles. The van der Waals surface area contributed by atoms with Crippen LogP contribution in [0, 0.1) is 0 Å². The number of rotatable bonds is 2. The molecular weight excluding hydrogens is 805 g/mol. The van der Waals surface area contributed by atoms with Gasteiger partial charge in [0.25, 0.3) is 20.1 Å². The Hall–Kier alpha value is -6.93. The molecule has 0 fully saturated rings. The predicted octanol–water partition coefficient (Wildman–Crippen LogP) is 7.94. The van der Waals surface area contributed by atoms with Crippen molar-refractivity contribution >= 4 is 127 Å². The second-order valence-electron chi connectivity index (χ2n) is 17.0. The molecule has 9 heteroatoms. The molecule has 0 radical (unpaired) electrons. The molecule has 6 aliphatic heterocycles. The van der Waals surface area contributed by atoms with Crippen LogP contribution in [0.5, 0.6) is 23.0 Å². The van der Waals surface area contributed by atoms with Crippen LogP contribution in [0.2, 0.25) is 0 Å². The SMILES string of the molecule is c1ccc(N2c3cccc4c3B(c3c2cc2c5c3Oc3ccccc3B5c3ccccc3S2)c2c(cc3c5c2Oc2ccccc2B5c2ccccc2S3)N4c2ccccc2)cc1. The lowest BCUT2D eigenvalue weighted by Crippen LogP contribution is -2.67. The summed E-state index contributed by atoms with van der Waals surface area (Å²) in [4.78, 5) is 10.0.